The number of aliphatic hydroxyl groups excluding tert-OH is 3. The van der Waals surface area contributed by atoms with E-state index in [-0.39, 0.29) is 5.82 Å². The van der Waals surface area contributed by atoms with Crippen LogP contribution in [0.25, 0.3) is 11.2 Å². The maximum absolute atomic E-state index is 11.4. The molecule has 168 valence electrons. The van der Waals surface area contributed by atoms with Gasteiger partial charge in [-0.15, -0.1) is 0 Å². The van der Waals surface area contributed by atoms with Crippen molar-refractivity contribution in [1.29, 1.82) is 0 Å². The molecule has 0 unspecified atom stereocenters. The monoisotopic (exact) mass is 454 g/mol. The highest BCUT2D eigenvalue weighted by atomic mass is 32.2. The fourth-order valence-electron chi connectivity index (χ4n) is 3.36. The quantitative estimate of drug-likeness (QED) is 0.224. The summed E-state index contributed by atoms with van der Waals surface area (Å²) in [6.45, 7) is -0.0552. The summed E-state index contributed by atoms with van der Waals surface area (Å²) in [6.07, 6.45) is 1.20. The van der Waals surface area contributed by atoms with E-state index in [1.807, 2.05) is 0 Å². The molecular weight excluding hydrogens is 432 g/mol. The van der Waals surface area contributed by atoms with Crippen molar-refractivity contribution >= 4 is 32.8 Å². The number of ether oxygens (including phenoxy) is 1. The van der Waals surface area contributed by atoms with Crippen LogP contribution < -0.4 is 10.0 Å². The van der Waals surface area contributed by atoms with Crippen molar-refractivity contribution in [3.8, 4) is 0 Å². The lowest BCUT2D eigenvalue weighted by molar-refractivity contribution is -0.0511. The standard InChI is InChI=1S/C16H22N8O6S/c1-31(28,29)23-13-8(18-5-19-13)2-3-17-14-10-15(21-6-20-14)24(7-22-10)16-12(27)11(26)9(4-25)30-16/h5-7,9,11-12,16,23,25-27H,2-4H2,1H3,(H,18,19)(H,17,20,21)/t9-,11-,12-,16-/m1/s1. The lowest BCUT2D eigenvalue weighted by atomic mass is 10.1. The van der Waals surface area contributed by atoms with E-state index in [1.54, 1.807) is 0 Å². The first-order valence-electron chi connectivity index (χ1n) is 9.32. The molecule has 4 rings (SSSR count). The van der Waals surface area contributed by atoms with E-state index in [1.165, 1.54) is 23.5 Å². The van der Waals surface area contributed by atoms with Gasteiger partial charge in [-0.2, -0.15) is 0 Å². The van der Waals surface area contributed by atoms with Gasteiger partial charge in [0.05, 0.1) is 31.2 Å². The number of aromatic amines is 1. The highest BCUT2D eigenvalue weighted by molar-refractivity contribution is 7.92. The Morgan fingerprint density at radius 2 is 2.00 bits per heavy atom. The zero-order valence-electron chi connectivity index (χ0n) is 16.4. The Balaban J connectivity index is 1.49. The van der Waals surface area contributed by atoms with Gasteiger partial charge >= 0.3 is 0 Å². The van der Waals surface area contributed by atoms with E-state index in [2.05, 4.69) is 35.0 Å². The first kappa shape index (κ1) is 21.4. The second kappa shape index (κ2) is 8.35. The Hall–Kier alpha value is -2.85. The van der Waals surface area contributed by atoms with Crippen molar-refractivity contribution in [2.75, 3.05) is 29.4 Å². The van der Waals surface area contributed by atoms with Crippen LogP contribution in [0, 0.1) is 0 Å². The van der Waals surface area contributed by atoms with E-state index in [0.29, 0.717) is 35.6 Å². The van der Waals surface area contributed by atoms with Gasteiger partial charge in [0.15, 0.2) is 29.0 Å². The number of imidazole rings is 2. The molecule has 6 N–H and O–H groups in total. The van der Waals surface area contributed by atoms with Crippen molar-refractivity contribution in [3.05, 3.63) is 24.7 Å². The van der Waals surface area contributed by atoms with E-state index in [9.17, 15) is 23.7 Å². The maximum atomic E-state index is 11.4. The third-order valence-electron chi connectivity index (χ3n) is 4.82. The van der Waals surface area contributed by atoms with Crippen LogP contribution in [0.15, 0.2) is 19.0 Å². The summed E-state index contributed by atoms with van der Waals surface area (Å²) in [6, 6.07) is 0. The van der Waals surface area contributed by atoms with E-state index < -0.39 is 41.2 Å². The van der Waals surface area contributed by atoms with Gasteiger partial charge in [0.25, 0.3) is 0 Å². The first-order valence-corrected chi connectivity index (χ1v) is 11.2. The summed E-state index contributed by atoms with van der Waals surface area (Å²) in [4.78, 5) is 19.5. The van der Waals surface area contributed by atoms with Crippen molar-refractivity contribution < 1.29 is 28.5 Å². The molecular formula is C16H22N8O6S. The second-order valence-electron chi connectivity index (χ2n) is 7.06. The van der Waals surface area contributed by atoms with Crippen LogP contribution in [0.4, 0.5) is 11.6 Å². The van der Waals surface area contributed by atoms with Crippen LogP contribution in [-0.4, -0.2) is 90.9 Å². The molecule has 14 nitrogen and oxygen atoms in total. The molecule has 0 radical (unpaired) electrons. The largest absolute Gasteiger partial charge is 0.394 e. The molecule has 4 heterocycles. The van der Waals surface area contributed by atoms with Crippen molar-refractivity contribution in [3.63, 3.8) is 0 Å². The van der Waals surface area contributed by atoms with Gasteiger partial charge in [-0.3, -0.25) is 9.29 Å². The lowest BCUT2D eigenvalue weighted by Crippen LogP contribution is -2.33. The molecule has 0 bridgehead atoms. The molecule has 0 aliphatic carbocycles. The SMILES string of the molecule is CS(=O)(=O)Nc1nc[nH]c1CCNc1ncnc2c1ncn2[C@@H]1O[C@H](CO)[C@@H](O)[C@H]1O. The van der Waals surface area contributed by atoms with E-state index in [0.717, 1.165) is 6.26 Å². The number of aliphatic hydroxyl groups is 3. The second-order valence-corrected chi connectivity index (χ2v) is 8.80. The number of fused-ring (bicyclic) bond motifs is 1. The van der Waals surface area contributed by atoms with Gasteiger partial charge in [-0.25, -0.2) is 28.4 Å². The molecule has 0 aromatic carbocycles. The summed E-state index contributed by atoms with van der Waals surface area (Å²) in [5.41, 5.74) is 1.38. The Morgan fingerprint density at radius 1 is 1.19 bits per heavy atom. The Morgan fingerprint density at radius 3 is 2.71 bits per heavy atom. The zero-order chi connectivity index (χ0) is 22.2. The highest BCUT2D eigenvalue weighted by Gasteiger charge is 2.44. The van der Waals surface area contributed by atoms with Gasteiger partial charge < -0.3 is 30.4 Å². The van der Waals surface area contributed by atoms with E-state index >= 15 is 0 Å². The molecule has 0 amide bonds. The Bertz CT molecular complexity index is 1160. The molecule has 1 fully saturated rings. The minimum absolute atomic E-state index is 0.228. The average molecular weight is 454 g/mol. The predicted octanol–water partition coefficient (Wildman–Crippen LogP) is -1.81. The average Bonchev–Trinajstić information content (AvgIpc) is 3.40. The van der Waals surface area contributed by atoms with Gasteiger partial charge in [0.2, 0.25) is 10.0 Å². The number of aromatic nitrogens is 6. The molecule has 31 heavy (non-hydrogen) atoms. The molecule has 15 heteroatoms. The summed E-state index contributed by atoms with van der Waals surface area (Å²) in [7, 11) is -3.45. The van der Waals surface area contributed by atoms with Gasteiger partial charge in [0.1, 0.15) is 24.6 Å². The number of hydrogen-bond donors (Lipinski definition) is 6. The molecule has 0 spiro atoms. The van der Waals surface area contributed by atoms with Crippen LogP contribution in [0.3, 0.4) is 0 Å². The minimum atomic E-state index is -3.45. The Kier molecular flexibility index (Phi) is 5.76. The third kappa shape index (κ3) is 4.31. The first-order chi connectivity index (χ1) is 14.8. The topological polar surface area (TPSA) is 200 Å². The number of nitrogens with one attached hydrogen (secondary N) is 3. The van der Waals surface area contributed by atoms with Crippen LogP contribution >= 0.6 is 0 Å². The predicted molar refractivity (Wildman–Crippen MR) is 108 cm³/mol. The molecule has 3 aromatic heterocycles. The number of hydrogen-bond acceptors (Lipinski definition) is 11. The third-order valence-corrected chi connectivity index (χ3v) is 5.38. The molecule has 1 aliphatic rings. The van der Waals surface area contributed by atoms with Crippen molar-refractivity contribution in [2.24, 2.45) is 0 Å². The number of anilines is 2. The highest BCUT2D eigenvalue weighted by Crippen LogP contribution is 2.32. The van der Waals surface area contributed by atoms with Gasteiger partial charge in [0, 0.05) is 13.0 Å². The summed E-state index contributed by atoms with van der Waals surface area (Å²) >= 11 is 0. The normalized spacial score (nSPS) is 24.0. The zero-order valence-corrected chi connectivity index (χ0v) is 17.2. The number of sulfonamides is 1. The molecule has 1 aliphatic heterocycles. The van der Waals surface area contributed by atoms with Gasteiger partial charge in [-0.05, 0) is 0 Å². The number of rotatable bonds is 8. The van der Waals surface area contributed by atoms with Crippen LogP contribution in [0.1, 0.15) is 11.9 Å². The summed E-state index contributed by atoms with van der Waals surface area (Å²) in [5, 5.41) is 32.6. The van der Waals surface area contributed by atoms with Gasteiger partial charge in [-0.1, -0.05) is 0 Å². The number of nitrogens with zero attached hydrogens (tertiary/aromatic N) is 5. The van der Waals surface area contributed by atoms with Crippen LogP contribution in [0.5, 0.6) is 0 Å². The van der Waals surface area contributed by atoms with E-state index in [4.69, 9.17) is 4.74 Å². The smallest absolute Gasteiger partial charge is 0.231 e. The summed E-state index contributed by atoms with van der Waals surface area (Å²) in [5.74, 6) is 0.651. The molecule has 1 saturated heterocycles. The van der Waals surface area contributed by atoms with Crippen LogP contribution in [0.2, 0.25) is 0 Å². The minimum Gasteiger partial charge on any atom is -0.394 e. The summed E-state index contributed by atoms with van der Waals surface area (Å²) < 4.78 is 32.2. The fourth-order valence-corrected chi connectivity index (χ4v) is 3.89. The van der Waals surface area contributed by atoms with Crippen molar-refractivity contribution in [2.45, 2.75) is 31.0 Å². The van der Waals surface area contributed by atoms with Crippen molar-refractivity contribution in [1.82, 2.24) is 29.5 Å². The maximum Gasteiger partial charge on any atom is 0.231 e. The number of H-pyrrole nitrogens is 1. The Labute approximate surface area is 176 Å². The fraction of sp³-hybridized carbons (Fsp3) is 0.500. The molecule has 0 saturated carbocycles. The molecule has 4 atom stereocenters. The lowest BCUT2D eigenvalue weighted by Gasteiger charge is -2.16. The van der Waals surface area contributed by atoms with Crippen LogP contribution in [-0.2, 0) is 21.2 Å². The molecule has 3 aromatic rings.